The Hall–Kier alpha value is -1.20. The van der Waals surface area contributed by atoms with Crippen molar-refractivity contribution < 1.29 is 14.7 Å². The molecule has 0 saturated heterocycles. The molecule has 0 saturated carbocycles. The molecule has 1 amide bonds. The number of hydrogen-bond donors (Lipinski definition) is 1. The molecule has 0 unspecified atom stereocenters. The van der Waals surface area contributed by atoms with Gasteiger partial charge in [-0.05, 0) is 48.3 Å². The Labute approximate surface area is 114 Å². The number of ketones is 1. The first-order valence-corrected chi connectivity index (χ1v) is 6.47. The SMILES string of the molecule is CC(C)(O)CCN1C(=O)C(=O)c2c(Br)cccc21. The predicted molar refractivity (Wildman–Crippen MR) is 71.7 cm³/mol. The third-order valence-electron chi connectivity index (χ3n) is 2.90. The highest BCUT2D eigenvalue weighted by Crippen LogP contribution is 2.34. The second-order valence-electron chi connectivity index (χ2n) is 4.98. The first-order valence-electron chi connectivity index (χ1n) is 5.68. The van der Waals surface area contributed by atoms with Gasteiger partial charge in [0.05, 0.1) is 16.9 Å². The number of amides is 1. The predicted octanol–water partition coefficient (Wildman–Crippen LogP) is 2.14. The number of carbonyl (C=O) groups is 2. The molecule has 2 rings (SSSR count). The molecule has 1 aromatic rings. The Kier molecular flexibility index (Phi) is 3.29. The molecule has 1 heterocycles. The summed E-state index contributed by atoms with van der Waals surface area (Å²) in [5.41, 5.74) is 0.167. The fourth-order valence-corrected chi connectivity index (χ4v) is 2.44. The van der Waals surface area contributed by atoms with Gasteiger partial charge in [-0.15, -0.1) is 0 Å². The van der Waals surface area contributed by atoms with Crippen LogP contribution in [0.3, 0.4) is 0 Å². The fourth-order valence-electron chi connectivity index (χ4n) is 1.91. The summed E-state index contributed by atoms with van der Waals surface area (Å²) in [4.78, 5) is 25.2. The molecular weight excluding hydrogens is 298 g/mol. The molecule has 0 fully saturated rings. The highest BCUT2D eigenvalue weighted by atomic mass is 79.9. The number of fused-ring (bicyclic) bond motifs is 1. The van der Waals surface area contributed by atoms with E-state index >= 15 is 0 Å². The molecule has 1 aromatic carbocycles. The van der Waals surface area contributed by atoms with Crippen LogP contribution < -0.4 is 4.90 Å². The number of nitrogens with zero attached hydrogens (tertiary/aromatic N) is 1. The number of carbonyl (C=O) groups excluding carboxylic acids is 2. The van der Waals surface area contributed by atoms with E-state index in [9.17, 15) is 14.7 Å². The highest BCUT2D eigenvalue weighted by molar-refractivity contribution is 9.10. The van der Waals surface area contributed by atoms with Gasteiger partial charge in [0.15, 0.2) is 0 Å². The monoisotopic (exact) mass is 311 g/mol. The second kappa shape index (κ2) is 4.48. The van der Waals surface area contributed by atoms with Crippen LogP contribution in [0.25, 0.3) is 0 Å². The molecule has 0 bridgehead atoms. The van der Waals surface area contributed by atoms with Gasteiger partial charge in [-0.25, -0.2) is 0 Å². The van der Waals surface area contributed by atoms with E-state index in [4.69, 9.17) is 0 Å². The zero-order valence-corrected chi connectivity index (χ0v) is 11.8. The van der Waals surface area contributed by atoms with Crippen molar-refractivity contribution in [1.29, 1.82) is 0 Å². The van der Waals surface area contributed by atoms with E-state index in [0.717, 1.165) is 0 Å². The van der Waals surface area contributed by atoms with Gasteiger partial charge in [0.1, 0.15) is 0 Å². The summed E-state index contributed by atoms with van der Waals surface area (Å²) in [5, 5.41) is 9.70. The van der Waals surface area contributed by atoms with Gasteiger partial charge in [-0.3, -0.25) is 9.59 Å². The normalized spacial score (nSPS) is 15.2. The van der Waals surface area contributed by atoms with Gasteiger partial charge < -0.3 is 10.0 Å². The lowest BCUT2D eigenvalue weighted by molar-refractivity contribution is -0.114. The largest absolute Gasteiger partial charge is 0.390 e. The van der Waals surface area contributed by atoms with E-state index in [2.05, 4.69) is 15.9 Å². The van der Waals surface area contributed by atoms with Crippen molar-refractivity contribution in [1.82, 2.24) is 0 Å². The number of Topliss-reactive ketones (excluding diaryl/α,β-unsaturated/α-hetero) is 1. The Morgan fingerprint density at radius 2 is 2.00 bits per heavy atom. The maximum atomic E-state index is 11.9. The second-order valence-corrected chi connectivity index (χ2v) is 5.84. The van der Waals surface area contributed by atoms with Crippen molar-refractivity contribution in [2.75, 3.05) is 11.4 Å². The van der Waals surface area contributed by atoms with Gasteiger partial charge >= 0.3 is 0 Å². The van der Waals surface area contributed by atoms with Crippen LogP contribution in [0.15, 0.2) is 22.7 Å². The van der Waals surface area contributed by atoms with Crippen LogP contribution in [0, 0.1) is 0 Å². The molecule has 1 aliphatic rings. The van der Waals surface area contributed by atoms with E-state index in [-0.39, 0.29) is 0 Å². The Morgan fingerprint density at radius 3 is 2.61 bits per heavy atom. The van der Waals surface area contributed by atoms with Crippen molar-refractivity contribution in [3.8, 4) is 0 Å². The molecule has 0 aliphatic carbocycles. The fraction of sp³-hybridized carbons (Fsp3) is 0.385. The standard InChI is InChI=1S/C13H14BrNO3/c1-13(2,18)6-7-15-9-5-3-4-8(14)10(9)11(16)12(15)17/h3-5,18H,6-7H2,1-2H3. The lowest BCUT2D eigenvalue weighted by atomic mass is 10.1. The summed E-state index contributed by atoms with van der Waals surface area (Å²) in [6.45, 7) is 3.69. The van der Waals surface area contributed by atoms with E-state index in [1.807, 2.05) is 0 Å². The van der Waals surface area contributed by atoms with Gasteiger partial charge in [0, 0.05) is 11.0 Å². The van der Waals surface area contributed by atoms with Crippen LogP contribution >= 0.6 is 15.9 Å². The van der Waals surface area contributed by atoms with Crippen LogP contribution in [0.2, 0.25) is 0 Å². The summed E-state index contributed by atoms with van der Waals surface area (Å²) in [6, 6.07) is 5.27. The van der Waals surface area contributed by atoms with Crippen LogP contribution in [0.4, 0.5) is 5.69 Å². The van der Waals surface area contributed by atoms with E-state index < -0.39 is 17.3 Å². The molecule has 18 heavy (non-hydrogen) atoms. The molecule has 5 heteroatoms. The van der Waals surface area contributed by atoms with Crippen LogP contribution in [-0.4, -0.2) is 28.9 Å². The number of rotatable bonds is 3. The lowest BCUT2D eigenvalue weighted by Gasteiger charge is -2.22. The average molecular weight is 312 g/mol. The van der Waals surface area contributed by atoms with Crippen molar-refractivity contribution in [2.24, 2.45) is 0 Å². The minimum absolute atomic E-state index is 0.331. The van der Waals surface area contributed by atoms with Gasteiger partial charge in [-0.2, -0.15) is 0 Å². The minimum atomic E-state index is -0.863. The molecule has 0 aromatic heterocycles. The molecule has 96 valence electrons. The summed E-state index contributed by atoms with van der Waals surface area (Å²) in [5.74, 6) is -1.02. The molecule has 1 aliphatic heterocycles. The minimum Gasteiger partial charge on any atom is -0.390 e. The quantitative estimate of drug-likeness (QED) is 0.870. The third-order valence-corrected chi connectivity index (χ3v) is 3.56. The summed E-state index contributed by atoms with van der Waals surface area (Å²) >= 11 is 3.28. The molecule has 0 radical (unpaired) electrons. The number of aliphatic hydroxyl groups is 1. The van der Waals surface area contributed by atoms with E-state index in [1.54, 1.807) is 32.0 Å². The van der Waals surface area contributed by atoms with Crippen LogP contribution in [0.5, 0.6) is 0 Å². The highest BCUT2D eigenvalue weighted by Gasteiger charge is 2.37. The van der Waals surface area contributed by atoms with Crippen LogP contribution in [0.1, 0.15) is 30.6 Å². The maximum Gasteiger partial charge on any atom is 0.299 e. The summed E-state index contributed by atoms with van der Waals surface area (Å²) in [7, 11) is 0. The molecule has 1 N–H and O–H groups in total. The number of anilines is 1. The van der Waals surface area contributed by atoms with Crippen molar-refractivity contribution in [2.45, 2.75) is 25.9 Å². The third kappa shape index (κ3) is 2.33. The Morgan fingerprint density at radius 1 is 1.33 bits per heavy atom. The number of benzene rings is 1. The zero-order valence-electron chi connectivity index (χ0n) is 10.2. The maximum absolute atomic E-state index is 11.9. The smallest absolute Gasteiger partial charge is 0.299 e. The molecule has 4 nitrogen and oxygen atoms in total. The zero-order chi connectivity index (χ0) is 13.5. The van der Waals surface area contributed by atoms with Gasteiger partial charge in [-0.1, -0.05) is 6.07 Å². The van der Waals surface area contributed by atoms with Gasteiger partial charge in [0.25, 0.3) is 11.7 Å². The molecule has 0 atom stereocenters. The van der Waals surface area contributed by atoms with Crippen molar-refractivity contribution in [3.05, 3.63) is 28.2 Å². The van der Waals surface area contributed by atoms with E-state index in [1.165, 1.54) is 4.90 Å². The molecular formula is C13H14BrNO3. The number of hydrogen-bond acceptors (Lipinski definition) is 3. The van der Waals surface area contributed by atoms with E-state index in [0.29, 0.717) is 28.7 Å². The number of halogens is 1. The first-order chi connectivity index (χ1) is 8.31. The first kappa shape index (κ1) is 13.2. The topological polar surface area (TPSA) is 57.6 Å². The molecule has 0 spiro atoms. The summed E-state index contributed by atoms with van der Waals surface area (Å²) in [6.07, 6.45) is 0.415. The Bertz CT molecular complexity index is 519. The lowest BCUT2D eigenvalue weighted by Crippen LogP contribution is -2.34. The van der Waals surface area contributed by atoms with Gasteiger partial charge in [0.2, 0.25) is 0 Å². The Balaban J connectivity index is 2.32. The average Bonchev–Trinajstić information content (AvgIpc) is 2.50. The van der Waals surface area contributed by atoms with Crippen molar-refractivity contribution in [3.63, 3.8) is 0 Å². The van der Waals surface area contributed by atoms with Crippen molar-refractivity contribution >= 4 is 33.3 Å². The van der Waals surface area contributed by atoms with Crippen LogP contribution in [-0.2, 0) is 4.79 Å². The summed E-state index contributed by atoms with van der Waals surface area (Å²) < 4.78 is 0.629.